The molecule has 0 spiro atoms. The van der Waals surface area contributed by atoms with E-state index in [2.05, 4.69) is 31.7 Å². The monoisotopic (exact) mass is 254 g/mol. The Balaban J connectivity index is 2.89. The third-order valence-corrected chi connectivity index (χ3v) is 3.82. The number of halogens is 1. The van der Waals surface area contributed by atoms with Gasteiger partial charge < -0.3 is 10.6 Å². The van der Waals surface area contributed by atoms with Gasteiger partial charge in [0.2, 0.25) is 0 Å². The van der Waals surface area contributed by atoms with Crippen molar-refractivity contribution >= 4 is 11.6 Å². The first-order chi connectivity index (χ1) is 8.13. The smallest absolute Gasteiger partial charge is 0.0438 e. The van der Waals surface area contributed by atoms with Crippen LogP contribution < -0.4 is 5.73 Å². The molecule has 0 fully saturated rings. The van der Waals surface area contributed by atoms with Crippen LogP contribution in [-0.2, 0) is 0 Å². The summed E-state index contributed by atoms with van der Waals surface area (Å²) < 4.78 is 0. The lowest BCUT2D eigenvalue weighted by Crippen LogP contribution is -2.31. The van der Waals surface area contributed by atoms with Crippen LogP contribution in [0, 0.1) is 6.92 Å². The van der Waals surface area contributed by atoms with Gasteiger partial charge in [-0.25, -0.2) is 0 Å². The molecule has 0 bridgehead atoms. The molecule has 0 aliphatic carbocycles. The van der Waals surface area contributed by atoms with Crippen LogP contribution in [0.5, 0.6) is 0 Å². The van der Waals surface area contributed by atoms with Crippen molar-refractivity contribution in [3.05, 3.63) is 34.3 Å². The van der Waals surface area contributed by atoms with E-state index in [9.17, 15) is 0 Å². The molecule has 0 aliphatic heterocycles. The largest absolute Gasteiger partial charge is 0.330 e. The minimum Gasteiger partial charge on any atom is -0.330 e. The van der Waals surface area contributed by atoms with E-state index in [1.165, 1.54) is 5.56 Å². The molecular formula is C14H23ClN2. The van der Waals surface area contributed by atoms with Crippen LogP contribution in [0.25, 0.3) is 0 Å². The van der Waals surface area contributed by atoms with Crippen LogP contribution in [0.2, 0.25) is 5.02 Å². The third kappa shape index (κ3) is 3.70. The first-order valence-corrected chi connectivity index (χ1v) is 6.69. The zero-order valence-electron chi connectivity index (χ0n) is 11.0. The van der Waals surface area contributed by atoms with E-state index in [1.807, 2.05) is 12.1 Å². The fourth-order valence-corrected chi connectivity index (χ4v) is 2.34. The molecule has 0 aliphatic rings. The van der Waals surface area contributed by atoms with E-state index < -0.39 is 0 Å². The number of likely N-dealkylation sites (N-methyl/N-ethyl adjacent to an activating group) is 1. The van der Waals surface area contributed by atoms with Gasteiger partial charge in [-0.3, -0.25) is 0 Å². The normalized spacial score (nSPS) is 13.1. The van der Waals surface area contributed by atoms with Crippen LogP contribution in [-0.4, -0.2) is 31.1 Å². The van der Waals surface area contributed by atoms with Crippen LogP contribution in [0.4, 0.5) is 0 Å². The molecule has 2 nitrogen and oxygen atoms in total. The van der Waals surface area contributed by atoms with Gasteiger partial charge in [0, 0.05) is 24.0 Å². The Bertz CT molecular complexity index is 348. The summed E-state index contributed by atoms with van der Waals surface area (Å²) in [6, 6.07) is 6.09. The SMILES string of the molecule is CCN(CC)CC(CN)c1cccc(Cl)c1C. The zero-order valence-corrected chi connectivity index (χ0v) is 11.8. The first kappa shape index (κ1) is 14.5. The summed E-state index contributed by atoms with van der Waals surface area (Å²) in [4.78, 5) is 2.40. The second-order valence-electron chi connectivity index (χ2n) is 4.37. The molecule has 0 saturated carbocycles. The van der Waals surface area contributed by atoms with Gasteiger partial charge in [-0.1, -0.05) is 37.6 Å². The Labute approximate surface area is 110 Å². The van der Waals surface area contributed by atoms with E-state index in [-0.39, 0.29) is 0 Å². The Morgan fingerprint density at radius 1 is 1.29 bits per heavy atom. The highest BCUT2D eigenvalue weighted by molar-refractivity contribution is 6.31. The molecule has 0 saturated heterocycles. The van der Waals surface area contributed by atoms with Gasteiger partial charge in [-0.15, -0.1) is 0 Å². The van der Waals surface area contributed by atoms with E-state index in [4.69, 9.17) is 17.3 Å². The number of nitrogens with two attached hydrogens (primary N) is 1. The Morgan fingerprint density at radius 3 is 2.47 bits per heavy atom. The molecule has 96 valence electrons. The number of hydrogen-bond donors (Lipinski definition) is 1. The van der Waals surface area contributed by atoms with E-state index in [0.717, 1.165) is 30.2 Å². The third-order valence-electron chi connectivity index (χ3n) is 3.41. The Kier molecular flexibility index (Phi) is 5.96. The first-order valence-electron chi connectivity index (χ1n) is 6.31. The minimum absolute atomic E-state index is 0.369. The van der Waals surface area contributed by atoms with Gasteiger partial charge in [0.05, 0.1) is 0 Å². The lowest BCUT2D eigenvalue weighted by atomic mass is 9.94. The number of nitrogens with zero attached hydrogens (tertiary/aromatic N) is 1. The molecule has 0 radical (unpaired) electrons. The second kappa shape index (κ2) is 7.00. The maximum absolute atomic E-state index is 6.16. The fraction of sp³-hybridized carbons (Fsp3) is 0.571. The lowest BCUT2D eigenvalue weighted by Gasteiger charge is -2.26. The van der Waals surface area contributed by atoms with Gasteiger partial charge in [0.25, 0.3) is 0 Å². The summed E-state index contributed by atoms with van der Waals surface area (Å²) in [6.45, 7) is 10.2. The quantitative estimate of drug-likeness (QED) is 0.846. The average molecular weight is 255 g/mol. The highest BCUT2D eigenvalue weighted by Gasteiger charge is 2.16. The summed E-state index contributed by atoms with van der Waals surface area (Å²) in [7, 11) is 0. The summed E-state index contributed by atoms with van der Waals surface area (Å²) in [5, 5.41) is 0.834. The van der Waals surface area contributed by atoms with Crippen molar-refractivity contribution in [2.45, 2.75) is 26.7 Å². The number of hydrogen-bond acceptors (Lipinski definition) is 2. The highest BCUT2D eigenvalue weighted by Crippen LogP contribution is 2.25. The topological polar surface area (TPSA) is 29.3 Å². The number of rotatable bonds is 6. The van der Waals surface area contributed by atoms with Crippen molar-refractivity contribution < 1.29 is 0 Å². The van der Waals surface area contributed by atoms with Crippen molar-refractivity contribution in [2.24, 2.45) is 5.73 Å². The maximum Gasteiger partial charge on any atom is 0.0438 e. The van der Waals surface area contributed by atoms with Crippen LogP contribution >= 0.6 is 11.6 Å². The molecule has 3 heteroatoms. The summed E-state index contributed by atoms with van der Waals surface area (Å²) in [6.07, 6.45) is 0. The molecule has 17 heavy (non-hydrogen) atoms. The summed E-state index contributed by atoms with van der Waals surface area (Å²) in [5.74, 6) is 0.369. The van der Waals surface area contributed by atoms with Gasteiger partial charge in [0.15, 0.2) is 0 Å². The minimum atomic E-state index is 0.369. The molecule has 1 rings (SSSR count). The van der Waals surface area contributed by atoms with Gasteiger partial charge in [-0.05, 0) is 37.2 Å². The van der Waals surface area contributed by atoms with E-state index >= 15 is 0 Å². The fourth-order valence-electron chi connectivity index (χ4n) is 2.16. The average Bonchev–Trinajstić information content (AvgIpc) is 2.35. The summed E-state index contributed by atoms with van der Waals surface area (Å²) in [5.41, 5.74) is 8.36. The van der Waals surface area contributed by atoms with Gasteiger partial charge in [-0.2, -0.15) is 0 Å². The lowest BCUT2D eigenvalue weighted by molar-refractivity contribution is 0.284. The second-order valence-corrected chi connectivity index (χ2v) is 4.78. The summed E-state index contributed by atoms with van der Waals surface area (Å²) >= 11 is 6.16. The molecule has 1 atom stereocenters. The van der Waals surface area contributed by atoms with Crippen LogP contribution in [0.15, 0.2) is 18.2 Å². The Hall–Kier alpha value is -0.570. The molecule has 0 amide bonds. The predicted octanol–water partition coefficient (Wildman–Crippen LogP) is 3.03. The van der Waals surface area contributed by atoms with Crippen molar-refractivity contribution in [3.63, 3.8) is 0 Å². The van der Waals surface area contributed by atoms with Crippen molar-refractivity contribution in [2.75, 3.05) is 26.2 Å². The van der Waals surface area contributed by atoms with E-state index in [0.29, 0.717) is 12.5 Å². The molecule has 1 aromatic rings. The van der Waals surface area contributed by atoms with Crippen molar-refractivity contribution in [1.29, 1.82) is 0 Å². The van der Waals surface area contributed by atoms with Crippen molar-refractivity contribution in [3.8, 4) is 0 Å². The molecular weight excluding hydrogens is 232 g/mol. The number of benzene rings is 1. The maximum atomic E-state index is 6.16. The van der Waals surface area contributed by atoms with Gasteiger partial charge in [0.1, 0.15) is 0 Å². The Morgan fingerprint density at radius 2 is 1.94 bits per heavy atom. The zero-order chi connectivity index (χ0) is 12.8. The van der Waals surface area contributed by atoms with E-state index in [1.54, 1.807) is 0 Å². The molecule has 0 heterocycles. The molecule has 2 N–H and O–H groups in total. The standard InChI is InChI=1S/C14H23ClN2/c1-4-17(5-2)10-12(9-16)13-7-6-8-14(15)11(13)3/h6-8,12H,4-5,9-10,16H2,1-3H3. The highest BCUT2D eigenvalue weighted by atomic mass is 35.5. The van der Waals surface area contributed by atoms with Crippen LogP contribution in [0.3, 0.4) is 0 Å². The molecule has 1 unspecified atom stereocenters. The van der Waals surface area contributed by atoms with Gasteiger partial charge >= 0.3 is 0 Å². The van der Waals surface area contributed by atoms with Crippen molar-refractivity contribution in [1.82, 2.24) is 4.90 Å². The molecule has 0 aromatic heterocycles. The molecule has 1 aromatic carbocycles. The van der Waals surface area contributed by atoms with Crippen LogP contribution in [0.1, 0.15) is 30.9 Å². The predicted molar refractivity (Wildman–Crippen MR) is 75.8 cm³/mol.